The average Bonchev–Trinajstić information content (AvgIpc) is 2.83. The first-order chi connectivity index (χ1) is 15.2. The fraction of sp³-hybridized carbons (Fsp3) is 0.346. The largest absolute Gasteiger partial charge is 0.354 e. The summed E-state index contributed by atoms with van der Waals surface area (Å²) in [5, 5.41) is 8.53. The van der Waals surface area contributed by atoms with Gasteiger partial charge in [-0.3, -0.25) is 4.79 Å². The molecule has 0 radical (unpaired) electrons. The number of hydrogen-bond donors (Lipinski definition) is 0. The maximum Gasteiger partial charge on any atom is 0.227 e. The van der Waals surface area contributed by atoms with Crippen molar-refractivity contribution in [1.29, 1.82) is 0 Å². The number of piperidine rings is 1. The van der Waals surface area contributed by atoms with E-state index in [1.807, 2.05) is 48.2 Å². The van der Waals surface area contributed by atoms with E-state index in [2.05, 4.69) is 51.5 Å². The van der Waals surface area contributed by atoms with E-state index >= 15 is 0 Å². The molecule has 1 atom stereocenters. The summed E-state index contributed by atoms with van der Waals surface area (Å²) in [6.07, 6.45) is 2.77. The first kappa shape index (κ1) is 21.0. The second-order valence-electron chi connectivity index (χ2n) is 8.30. The molecule has 1 fully saturated rings. The highest BCUT2D eigenvalue weighted by Crippen LogP contribution is 2.24. The minimum atomic E-state index is -0.0173. The van der Waals surface area contributed by atoms with E-state index in [-0.39, 0.29) is 11.8 Å². The van der Waals surface area contributed by atoms with Crippen LogP contribution >= 0.6 is 0 Å². The van der Waals surface area contributed by atoms with E-state index in [1.165, 1.54) is 11.1 Å². The molecular weight excluding hydrogens is 384 g/mol. The van der Waals surface area contributed by atoms with Crippen molar-refractivity contribution in [2.24, 2.45) is 5.92 Å². The molecule has 1 unspecified atom stereocenters. The van der Waals surface area contributed by atoms with Crippen molar-refractivity contribution < 1.29 is 4.79 Å². The molecule has 31 heavy (non-hydrogen) atoms. The Morgan fingerprint density at radius 1 is 0.968 bits per heavy atom. The molecule has 2 aromatic carbocycles. The molecule has 160 valence electrons. The van der Waals surface area contributed by atoms with Crippen molar-refractivity contribution in [2.45, 2.75) is 32.7 Å². The van der Waals surface area contributed by atoms with Gasteiger partial charge in [-0.2, -0.15) is 5.10 Å². The molecule has 1 aliphatic rings. The number of benzene rings is 2. The van der Waals surface area contributed by atoms with E-state index < -0.39 is 0 Å². The monoisotopic (exact) mass is 414 g/mol. The van der Waals surface area contributed by atoms with Gasteiger partial charge in [0.25, 0.3) is 0 Å². The molecule has 0 saturated carbocycles. The van der Waals surface area contributed by atoms with Gasteiger partial charge in [-0.05, 0) is 49.4 Å². The van der Waals surface area contributed by atoms with Crippen molar-refractivity contribution >= 4 is 11.7 Å². The SMILES string of the molecule is Cc1ccc(N2CCCC(C(=O)N(CCc3ccccc3)Cc3ccccc3)C2)nn1. The summed E-state index contributed by atoms with van der Waals surface area (Å²) in [5.74, 6) is 1.09. The minimum Gasteiger partial charge on any atom is -0.354 e. The highest BCUT2D eigenvalue weighted by Gasteiger charge is 2.30. The molecule has 4 rings (SSSR count). The minimum absolute atomic E-state index is 0.0173. The first-order valence-corrected chi connectivity index (χ1v) is 11.1. The van der Waals surface area contributed by atoms with Gasteiger partial charge in [0.05, 0.1) is 11.6 Å². The van der Waals surface area contributed by atoms with Gasteiger partial charge >= 0.3 is 0 Å². The van der Waals surface area contributed by atoms with Crippen LogP contribution in [-0.2, 0) is 17.8 Å². The van der Waals surface area contributed by atoms with Crippen LogP contribution in [0.3, 0.4) is 0 Å². The molecule has 0 spiro atoms. The van der Waals surface area contributed by atoms with Gasteiger partial charge in [0.15, 0.2) is 5.82 Å². The topological polar surface area (TPSA) is 49.3 Å². The van der Waals surface area contributed by atoms with Gasteiger partial charge in [0, 0.05) is 26.2 Å². The Morgan fingerprint density at radius 2 is 1.68 bits per heavy atom. The van der Waals surface area contributed by atoms with Crippen molar-refractivity contribution in [3.8, 4) is 0 Å². The van der Waals surface area contributed by atoms with Crippen LogP contribution in [0.5, 0.6) is 0 Å². The third-order valence-corrected chi connectivity index (χ3v) is 5.92. The second-order valence-corrected chi connectivity index (χ2v) is 8.30. The summed E-state index contributed by atoms with van der Waals surface area (Å²) in [5.41, 5.74) is 3.33. The lowest BCUT2D eigenvalue weighted by atomic mass is 9.96. The molecule has 3 aromatic rings. The normalized spacial score (nSPS) is 16.2. The summed E-state index contributed by atoms with van der Waals surface area (Å²) >= 11 is 0. The molecule has 2 heterocycles. The summed E-state index contributed by atoms with van der Waals surface area (Å²) in [6, 6.07) is 24.7. The Morgan fingerprint density at radius 3 is 2.35 bits per heavy atom. The van der Waals surface area contributed by atoms with Crippen LogP contribution in [0.2, 0.25) is 0 Å². The van der Waals surface area contributed by atoms with Gasteiger partial charge < -0.3 is 9.80 Å². The van der Waals surface area contributed by atoms with Gasteiger partial charge in [0.2, 0.25) is 5.91 Å². The zero-order valence-corrected chi connectivity index (χ0v) is 18.2. The third-order valence-electron chi connectivity index (χ3n) is 5.92. The summed E-state index contributed by atoms with van der Waals surface area (Å²) < 4.78 is 0. The number of carbonyl (C=O) groups excluding carboxylic acids is 1. The van der Waals surface area contributed by atoms with Crippen LogP contribution in [-0.4, -0.2) is 40.6 Å². The standard InChI is InChI=1S/C26H30N4O/c1-21-14-15-25(28-27-21)29-17-8-13-24(20-29)26(31)30(19-23-11-6-3-7-12-23)18-16-22-9-4-2-5-10-22/h2-7,9-12,14-15,24H,8,13,16-20H2,1H3. The number of nitrogens with zero attached hydrogens (tertiary/aromatic N) is 4. The van der Waals surface area contributed by atoms with Gasteiger partial charge in [-0.15, -0.1) is 5.10 Å². The maximum absolute atomic E-state index is 13.6. The van der Waals surface area contributed by atoms with Crippen LogP contribution in [0.25, 0.3) is 0 Å². The van der Waals surface area contributed by atoms with Crippen molar-refractivity contribution in [3.63, 3.8) is 0 Å². The maximum atomic E-state index is 13.6. The Bertz CT molecular complexity index is 960. The lowest BCUT2D eigenvalue weighted by Crippen LogP contribution is -2.45. The lowest BCUT2D eigenvalue weighted by molar-refractivity contribution is -0.136. The summed E-state index contributed by atoms with van der Waals surface area (Å²) in [4.78, 5) is 17.9. The Labute approximate surface area is 184 Å². The number of aromatic nitrogens is 2. The van der Waals surface area contributed by atoms with E-state index in [4.69, 9.17) is 0 Å². The molecular formula is C26H30N4O. The molecule has 5 nitrogen and oxygen atoms in total. The predicted octanol–water partition coefficient (Wildman–Crippen LogP) is 4.27. The highest BCUT2D eigenvalue weighted by molar-refractivity contribution is 5.79. The smallest absolute Gasteiger partial charge is 0.227 e. The fourth-order valence-corrected chi connectivity index (χ4v) is 4.19. The quantitative estimate of drug-likeness (QED) is 0.579. The Balaban J connectivity index is 1.47. The van der Waals surface area contributed by atoms with Gasteiger partial charge in [0.1, 0.15) is 0 Å². The van der Waals surface area contributed by atoms with Crippen molar-refractivity contribution in [3.05, 3.63) is 89.6 Å². The Hall–Kier alpha value is -3.21. The van der Waals surface area contributed by atoms with Crippen molar-refractivity contribution in [2.75, 3.05) is 24.5 Å². The van der Waals surface area contributed by atoms with Crippen LogP contribution in [0.15, 0.2) is 72.8 Å². The van der Waals surface area contributed by atoms with Crippen molar-refractivity contribution in [1.82, 2.24) is 15.1 Å². The van der Waals surface area contributed by atoms with E-state index in [0.29, 0.717) is 13.1 Å². The number of hydrogen-bond acceptors (Lipinski definition) is 4. The zero-order valence-electron chi connectivity index (χ0n) is 18.2. The molecule has 5 heteroatoms. The molecule has 1 aliphatic heterocycles. The van der Waals surface area contributed by atoms with Crippen LogP contribution in [0, 0.1) is 12.8 Å². The number of aryl methyl sites for hydroxylation is 1. The van der Waals surface area contributed by atoms with E-state index in [9.17, 15) is 4.79 Å². The highest BCUT2D eigenvalue weighted by atomic mass is 16.2. The number of carbonyl (C=O) groups is 1. The van der Waals surface area contributed by atoms with Crippen LogP contribution in [0.1, 0.15) is 29.7 Å². The van der Waals surface area contributed by atoms with Gasteiger partial charge in [-0.1, -0.05) is 60.7 Å². The first-order valence-electron chi connectivity index (χ1n) is 11.1. The zero-order chi connectivity index (χ0) is 21.5. The average molecular weight is 415 g/mol. The Kier molecular flexibility index (Phi) is 6.92. The number of rotatable bonds is 7. The molecule has 1 saturated heterocycles. The number of amides is 1. The van der Waals surface area contributed by atoms with E-state index in [1.54, 1.807) is 0 Å². The molecule has 1 aromatic heterocycles. The van der Waals surface area contributed by atoms with E-state index in [0.717, 1.165) is 43.9 Å². The molecule has 0 N–H and O–H groups in total. The van der Waals surface area contributed by atoms with Crippen LogP contribution < -0.4 is 4.90 Å². The van der Waals surface area contributed by atoms with Gasteiger partial charge in [-0.25, -0.2) is 0 Å². The molecule has 0 aliphatic carbocycles. The third kappa shape index (κ3) is 5.69. The fourth-order valence-electron chi connectivity index (χ4n) is 4.19. The summed E-state index contributed by atoms with van der Waals surface area (Å²) in [7, 11) is 0. The molecule has 1 amide bonds. The second kappa shape index (κ2) is 10.2. The predicted molar refractivity (Wildman–Crippen MR) is 124 cm³/mol. The summed E-state index contributed by atoms with van der Waals surface area (Å²) in [6.45, 7) is 4.93. The molecule has 0 bridgehead atoms. The lowest BCUT2D eigenvalue weighted by Gasteiger charge is -2.35. The van der Waals surface area contributed by atoms with Crippen LogP contribution in [0.4, 0.5) is 5.82 Å². The number of anilines is 1.